The van der Waals surface area contributed by atoms with Crippen molar-refractivity contribution in [3.8, 4) is 0 Å². The van der Waals surface area contributed by atoms with Gasteiger partial charge in [0.2, 0.25) is 5.89 Å². The Morgan fingerprint density at radius 2 is 2.00 bits per heavy atom. The molecule has 1 atom stereocenters. The van der Waals surface area contributed by atoms with Crippen LogP contribution in [0.1, 0.15) is 30.3 Å². The molecule has 1 N–H and O–H groups in total. The Hall–Kier alpha value is -1.56. The summed E-state index contributed by atoms with van der Waals surface area (Å²) in [5, 5.41) is 14.9. The van der Waals surface area contributed by atoms with Gasteiger partial charge < -0.3 is 22.1 Å². The van der Waals surface area contributed by atoms with Crippen LogP contribution >= 0.6 is 11.8 Å². The van der Waals surface area contributed by atoms with Crippen LogP contribution in [0, 0.1) is 0 Å². The van der Waals surface area contributed by atoms with E-state index in [0.717, 1.165) is 24.6 Å². The van der Waals surface area contributed by atoms with Crippen LogP contribution < -0.4 is 17.7 Å². The van der Waals surface area contributed by atoms with Gasteiger partial charge in [0.15, 0.2) is 0 Å². The third kappa shape index (κ3) is 3.52. The van der Waals surface area contributed by atoms with E-state index in [2.05, 4.69) is 58.0 Å². The van der Waals surface area contributed by atoms with Crippen molar-refractivity contribution in [3.05, 3.63) is 53.9 Å². The van der Waals surface area contributed by atoms with Gasteiger partial charge in [-0.25, -0.2) is 0 Å². The summed E-state index contributed by atoms with van der Waals surface area (Å²) in [5.74, 6) is 1.55. The van der Waals surface area contributed by atoms with Gasteiger partial charge in [-0.05, 0) is 35.7 Å². The molecule has 23 heavy (non-hydrogen) atoms. The second-order valence-electron chi connectivity index (χ2n) is 5.48. The smallest absolute Gasteiger partial charge is 0.276 e. The maximum absolute atomic E-state index is 5.78. The molecule has 120 valence electrons. The lowest BCUT2D eigenvalue weighted by Gasteiger charge is -2.05. The number of fused-ring (bicyclic) bond motifs is 1. The normalized spacial score (nSPS) is 17.3. The highest BCUT2D eigenvalue weighted by atomic mass is 35.5. The van der Waals surface area contributed by atoms with Crippen molar-refractivity contribution in [1.82, 2.24) is 15.5 Å². The van der Waals surface area contributed by atoms with E-state index in [9.17, 15) is 0 Å². The molecule has 1 aromatic heterocycles. The van der Waals surface area contributed by atoms with Gasteiger partial charge >= 0.3 is 0 Å². The Morgan fingerprint density at radius 1 is 1.13 bits per heavy atom. The molecule has 0 amide bonds. The van der Waals surface area contributed by atoms with E-state index in [1.807, 2.05) is 0 Å². The summed E-state index contributed by atoms with van der Waals surface area (Å²) in [7, 11) is 0. The number of hydrogen-bond donors (Lipinski definition) is 1. The highest BCUT2D eigenvalue weighted by Crippen LogP contribution is 2.29. The van der Waals surface area contributed by atoms with E-state index in [-0.39, 0.29) is 18.4 Å². The predicted octanol–water partition coefficient (Wildman–Crippen LogP) is 0.944. The molecule has 6 heteroatoms. The molecule has 2 aromatic carbocycles. The van der Waals surface area contributed by atoms with Crippen molar-refractivity contribution in [1.29, 1.82) is 0 Å². The number of aromatic nitrogens is 2. The minimum absolute atomic E-state index is 0. The molecular formula is C17H17ClN3OS-. The molecule has 0 saturated carbocycles. The lowest BCUT2D eigenvalue weighted by molar-refractivity contribution is -0.00000498. The van der Waals surface area contributed by atoms with Crippen molar-refractivity contribution in [2.75, 3.05) is 6.54 Å². The molecule has 0 bridgehead atoms. The Morgan fingerprint density at radius 3 is 2.87 bits per heavy atom. The van der Waals surface area contributed by atoms with Crippen molar-refractivity contribution in [2.45, 2.75) is 29.9 Å². The van der Waals surface area contributed by atoms with Crippen molar-refractivity contribution in [2.24, 2.45) is 0 Å². The van der Waals surface area contributed by atoms with Crippen LogP contribution in [0.4, 0.5) is 0 Å². The fourth-order valence-electron chi connectivity index (χ4n) is 2.87. The second kappa shape index (κ2) is 7.34. The minimum atomic E-state index is 0. The van der Waals surface area contributed by atoms with Crippen LogP contribution in [0.5, 0.6) is 0 Å². The standard InChI is InChI=1S/C17H17N3OS.ClH/c1-2-8-14-12(5-1)6-3-7-13(14)11-22-17-20-19-16(21-17)15-9-4-10-18-15;/h1-3,5-8,15,18H,4,9-11H2;1H/p-1/t15-;/m0./s1. The van der Waals surface area contributed by atoms with Gasteiger partial charge in [0.05, 0.1) is 6.04 Å². The first-order valence-corrected chi connectivity index (χ1v) is 8.55. The number of hydrogen-bond acceptors (Lipinski definition) is 5. The van der Waals surface area contributed by atoms with E-state index in [0.29, 0.717) is 5.22 Å². The zero-order chi connectivity index (χ0) is 14.8. The Bertz CT molecular complexity index is 781. The fourth-order valence-corrected chi connectivity index (χ4v) is 3.65. The molecule has 1 saturated heterocycles. The summed E-state index contributed by atoms with van der Waals surface area (Å²) in [6.45, 7) is 1.03. The van der Waals surface area contributed by atoms with E-state index < -0.39 is 0 Å². The first kappa shape index (κ1) is 16.3. The number of nitrogens with one attached hydrogen (secondary N) is 1. The second-order valence-corrected chi connectivity index (χ2v) is 6.41. The molecule has 4 rings (SSSR count). The van der Waals surface area contributed by atoms with Crippen molar-refractivity contribution < 1.29 is 16.8 Å². The Labute approximate surface area is 145 Å². The molecule has 1 aliphatic rings. The molecule has 3 aromatic rings. The highest BCUT2D eigenvalue weighted by Gasteiger charge is 2.22. The molecule has 0 spiro atoms. The van der Waals surface area contributed by atoms with Gasteiger partial charge in [0.25, 0.3) is 5.22 Å². The quantitative estimate of drug-likeness (QED) is 0.713. The van der Waals surface area contributed by atoms with Gasteiger partial charge in [-0.15, -0.1) is 10.2 Å². The third-order valence-corrected chi connectivity index (χ3v) is 4.88. The average Bonchev–Trinajstić information content (AvgIpc) is 3.24. The molecule has 2 heterocycles. The number of benzene rings is 2. The van der Waals surface area contributed by atoms with Crippen LogP contribution in [0.3, 0.4) is 0 Å². The summed E-state index contributed by atoms with van der Waals surface area (Å²) >= 11 is 1.60. The Balaban J connectivity index is 0.00000156. The lowest BCUT2D eigenvalue weighted by Crippen LogP contribution is -3.00. The number of thioether (sulfide) groups is 1. The molecule has 0 radical (unpaired) electrons. The summed E-state index contributed by atoms with van der Waals surface area (Å²) in [6.07, 6.45) is 2.25. The van der Waals surface area contributed by atoms with Gasteiger partial charge in [0, 0.05) is 5.75 Å². The summed E-state index contributed by atoms with van der Waals surface area (Å²) in [6, 6.07) is 15.1. The molecule has 0 aliphatic carbocycles. The van der Waals surface area contributed by atoms with Crippen molar-refractivity contribution in [3.63, 3.8) is 0 Å². The maximum atomic E-state index is 5.78. The molecule has 4 nitrogen and oxygen atoms in total. The van der Waals surface area contributed by atoms with Crippen LogP contribution in [0.2, 0.25) is 0 Å². The van der Waals surface area contributed by atoms with Gasteiger partial charge in [-0.2, -0.15) is 0 Å². The van der Waals surface area contributed by atoms with Crippen LogP contribution in [0.15, 0.2) is 52.1 Å². The van der Waals surface area contributed by atoms with E-state index in [4.69, 9.17) is 4.42 Å². The fraction of sp³-hybridized carbons (Fsp3) is 0.294. The van der Waals surface area contributed by atoms with Crippen LogP contribution in [-0.4, -0.2) is 16.7 Å². The van der Waals surface area contributed by atoms with Gasteiger partial charge in [-0.1, -0.05) is 54.2 Å². The highest BCUT2D eigenvalue weighted by molar-refractivity contribution is 7.98. The third-order valence-electron chi connectivity index (χ3n) is 4.01. The largest absolute Gasteiger partial charge is 1.00 e. The summed E-state index contributed by atoms with van der Waals surface area (Å²) in [4.78, 5) is 0. The van der Waals surface area contributed by atoms with Crippen molar-refractivity contribution >= 4 is 22.5 Å². The maximum Gasteiger partial charge on any atom is 0.276 e. The zero-order valence-electron chi connectivity index (χ0n) is 12.5. The lowest BCUT2D eigenvalue weighted by atomic mass is 10.1. The van der Waals surface area contributed by atoms with E-state index >= 15 is 0 Å². The number of halogens is 1. The molecule has 0 unspecified atom stereocenters. The van der Waals surface area contributed by atoms with Gasteiger partial charge in [0.1, 0.15) is 0 Å². The topological polar surface area (TPSA) is 51.0 Å². The molecule has 1 aliphatic heterocycles. The SMILES string of the molecule is [Cl-].c1ccc2c(CSc3nnc([C@@H]4CCCN4)o3)cccc2c1. The minimum Gasteiger partial charge on any atom is -1.00 e. The van der Waals surface area contributed by atoms with Crippen LogP contribution in [-0.2, 0) is 5.75 Å². The molecular weight excluding hydrogens is 330 g/mol. The van der Waals surface area contributed by atoms with E-state index in [1.165, 1.54) is 22.8 Å². The Kier molecular flexibility index (Phi) is 5.20. The summed E-state index contributed by atoms with van der Waals surface area (Å²) in [5.41, 5.74) is 1.29. The predicted molar refractivity (Wildman–Crippen MR) is 87.8 cm³/mol. The first-order chi connectivity index (χ1) is 10.9. The summed E-state index contributed by atoms with van der Waals surface area (Å²) < 4.78 is 5.78. The zero-order valence-corrected chi connectivity index (χ0v) is 14.1. The average molecular weight is 347 g/mol. The monoisotopic (exact) mass is 346 g/mol. The molecule has 1 fully saturated rings. The van der Waals surface area contributed by atoms with Gasteiger partial charge in [-0.3, -0.25) is 0 Å². The number of nitrogens with zero attached hydrogens (tertiary/aromatic N) is 2. The first-order valence-electron chi connectivity index (χ1n) is 7.56. The van der Waals surface area contributed by atoms with Crippen LogP contribution in [0.25, 0.3) is 10.8 Å². The van der Waals surface area contributed by atoms with E-state index in [1.54, 1.807) is 11.8 Å². The number of rotatable bonds is 4.